The number of hydrogen-bond acceptors (Lipinski definition) is 4. The molecule has 2 aromatic carbocycles. The number of likely N-dealkylation sites (tertiary alicyclic amines) is 1. The molecule has 6 heteroatoms. The molecule has 5 rings (SSSR count). The summed E-state index contributed by atoms with van der Waals surface area (Å²) in [6.45, 7) is 2.82. The van der Waals surface area contributed by atoms with Gasteiger partial charge < -0.3 is 14.8 Å². The third-order valence-corrected chi connectivity index (χ3v) is 7.71. The Kier molecular flexibility index (Phi) is 6.81. The van der Waals surface area contributed by atoms with E-state index in [9.17, 15) is 9.90 Å². The number of nitrogens with one attached hydrogen (secondary N) is 1. The number of methoxy groups -OCH3 is 1. The van der Waals surface area contributed by atoms with Gasteiger partial charge in [0.1, 0.15) is 0 Å². The zero-order valence-corrected chi connectivity index (χ0v) is 20.2. The molecule has 0 radical (unpaired) electrons. The Bertz CT molecular complexity index is 1260. The number of aromatic amines is 1. The molecule has 2 aromatic heterocycles. The molecule has 1 unspecified atom stereocenters. The molecule has 1 atom stereocenters. The van der Waals surface area contributed by atoms with E-state index in [1.807, 2.05) is 12.1 Å². The van der Waals surface area contributed by atoms with Crippen molar-refractivity contribution in [1.82, 2.24) is 9.88 Å². The number of thiophene rings is 1. The van der Waals surface area contributed by atoms with Crippen LogP contribution in [0.1, 0.15) is 57.5 Å². The van der Waals surface area contributed by atoms with Crippen LogP contribution >= 0.6 is 11.3 Å². The highest BCUT2D eigenvalue weighted by Crippen LogP contribution is 2.35. The SMILES string of the molecule is COC(Cc1ccc2[nH]cc(C3CCN(Cc4cccc(C(=O)O)c4)CC3)c2c1)c1ccsc1. The largest absolute Gasteiger partial charge is 0.478 e. The number of carbonyl (C=O) groups is 1. The predicted molar refractivity (Wildman–Crippen MR) is 137 cm³/mol. The van der Waals surface area contributed by atoms with Gasteiger partial charge >= 0.3 is 5.97 Å². The Balaban J connectivity index is 1.26. The molecule has 0 amide bonds. The van der Waals surface area contributed by atoms with Crippen molar-refractivity contribution < 1.29 is 14.6 Å². The number of piperidine rings is 1. The Labute approximate surface area is 204 Å². The fourth-order valence-corrected chi connectivity index (χ4v) is 5.83. The Morgan fingerprint density at radius 2 is 2.03 bits per heavy atom. The Morgan fingerprint density at radius 1 is 1.18 bits per heavy atom. The summed E-state index contributed by atoms with van der Waals surface area (Å²) < 4.78 is 5.78. The molecular formula is C28H30N2O3S. The van der Waals surface area contributed by atoms with Crippen LogP contribution in [0.15, 0.2) is 65.5 Å². The van der Waals surface area contributed by atoms with Crippen molar-refractivity contribution in [3.8, 4) is 0 Å². The minimum atomic E-state index is -0.869. The van der Waals surface area contributed by atoms with Crippen molar-refractivity contribution in [3.05, 3.63) is 93.3 Å². The summed E-state index contributed by atoms with van der Waals surface area (Å²) >= 11 is 1.71. The maximum Gasteiger partial charge on any atom is 0.335 e. The average molecular weight is 475 g/mol. The highest BCUT2D eigenvalue weighted by molar-refractivity contribution is 7.07. The van der Waals surface area contributed by atoms with Crippen molar-refractivity contribution in [1.29, 1.82) is 0 Å². The van der Waals surface area contributed by atoms with Crippen LogP contribution in [0.3, 0.4) is 0 Å². The first-order chi connectivity index (χ1) is 16.6. The quantitative estimate of drug-likeness (QED) is 0.317. The van der Waals surface area contributed by atoms with Crippen LogP contribution in [0.2, 0.25) is 0 Å². The number of fused-ring (bicyclic) bond motifs is 1. The molecule has 5 nitrogen and oxygen atoms in total. The number of aromatic nitrogens is 1. The van der Waals surface area contributed by atoms with Crippen molar-refractivity contribution in [2.45, 2.75) is 37.8 Å². The first-order valence-electron chi connectivity index (χ1n) is 11.8. The van der Waals surface area contributed by atoms with Crippen LogP contribution in [0.4, 0.5) is 0 Å². The van der Waals surface area contributed by atoms with Crippen molar-refractivity contribution in [2.24, 2.45) is 0 Å². The first-order valence-corrected chi connectivity index (χ1v) is 12.7. The Hall–Kier alpha value is -2.93. The van der Waals surface area contributed by atoms with E-state index in [-0.39, 0.29) is 6.10 Å². The van der Waals surface area contributed by atoms with Gasteiger partial charge in [-0.3, -0.25) is 4.90 Å². The average Bonchev–Trinajstić information content (AvgIpc) is 3.53. The molecule has 0 spiro atoms. The number of nitrogens with zero attached hydrogens (tertiary/aromatic N) is 1. The number of carboxylic acids is 1. The summed E-state index contributed by atoms with van der Waals surface area (Å²) in [5.74, 6) is -0.341. The van der Waals surface area contributed by atoms with E-state index in [0.717, 1.165) is 44.5 Å². The van der Waals surface area contributed by atoms with Gasteiger partial charge in [0, 0.05) is 37.2 Å². The summed E-state index contributed by atoms with van der Waals surface area (Å²) in [6.07, 6.45) is 5.34. The van der Waals surface area contributed by atoms with E-state index >= 15 is 0 Å². The normalized spacial score (nSPS) is 16.1. The second kappa shape index (κ2) is 10.1. The van der Waals surface area contributed by atoms with Gasteiger partial charge in [0.05, 0.1) is 11.7 Å². The van der Waals surface area contributed by atoms with Crippen LogP contribution in [0.25, 0.3) is 10.9 Å². The number of hydrogen-bond donors (Lipinski definition) is 2. The van der Waals surface area contributed by atoms with Gasteiger partial charge in [-0.05, 0) is 95.2 Å². The summed E-state index contributed by atoms with van der Waals surface area (Å²) in [7, 11) is 1.79. The molecule has 1 saturated heterocycles. The van der Waals surface area contributed by atoms with E-state index in [1.54, 1.807) is 30.6 Å². The molecule has 176 valence electrons. The van der Waals surface area contributed by atoms with Crippen LogP contribution in [-0.2, 0) is 17.7 Å². The summed E-state index contributed by atoms with van der Waals surface area (Å²) in [5, 5.41) is 14.8. The molecule has 0 aliphatic carbocycles. The molecule has 4 aromatic rings. The van der Waals surface area contributed by atoms with E-state index in [0.29, 0.717) is 11.5 Å². The highest BCUT2D eigenvalue weighted by Gasteiger charge is 2.23. The van der Waals surface area contributed by atoms with Crippen molar-refractivity contribution >= 4 is 28.2 Å². The van der Waals surface area contributed by atoms with Gasteiger partial charge in [0.25, 0.3) is 0 Å². The van der Waals surface area contributed by atoms with Crippen molar-refractivity contribution in [2.75, 3.05) is 20.2 Å². The van der Waals surface area contributed by atoms with Crippen molar-refractivity contribution in [3.63, 3.8) is 0 Å². The molecule has 34 heavy (non-hydrogen) atoms. The zero-order chi connectivity index (χ0) is 23.5. The molecule has 1 aliphatic rings. The predicted octanol–water partition coefficient (Wildman–Crippen LogP) is 6.24. The first kappa shape index (κ1) is 22.8. The lowest BCUT2D eigenvalue weighted by molar-refractivity contribution is 0.0696. The minimum absolute atomic E-state index is 0.0777. The third-order valence-electron chi connectivity index (χ3n) is 7.01. The topological polar surface area (TPSA) is 65.6 Å². The molecule has 2 N–H and O–H groups in total. The number of aromatic carboxylic acids is 1. The van der Waals surface area contributed by atoms with E-state index in [4.69, 9.17) is 4.74 Å². The summed E-state index contributed by atoms with van der Waals surface area (Å²) in [4.78, 5) is 17.2. The molecule has 1 aliphatic heterocycles. The number of ether oxygens (including phenoxy) is 1. The standard InChI is InChI=1S/C28H30N2O3S/c1-33-27(23-9-12-34-18-23)15-19-5-6-26-24(14-19)25(16-29-26)21-7-10-30(11-8-21)17-20-3-2-4-22(13-20)28(31)32/h2-6,9,12-14,16,18,21,27,29H,7-8,10-11,15,17H2,1H3,(H,31,32). The number of H-pyrrole nitrogens is 1. The second-order valence-corrected chi connectivity index (χ2v) is 9.95. The summed E-state index contributed by atoms with van der Waals surface area (Å²) in [5.41, 5.74) is 6.56. The van der Waals surface area contributed by atoms with Crippen LogP contribution in [-0.4, -0.2) is 41.2 Å². The minimum Gasteiger partial charge on any atom is -0.478 e. The lowest BCUT2D eigenvalue weighted by Gasteiger charge is -2.32. The Morgan fingerprint density at radius 3 is 2.76 bits per heavy atom. The van der Waals surface area contributed by atoms with E-state index < -0.39 is 5.97 Å². The van der Waals surface area contributed by atoms with Gasteiger partial charge in [0.15, 0.2) is 0 Å². The van der Waals surface area contributed by atoms with Crippen LogP contribution in [0.5, 0.6) is 0 Å². The highest BCUT2D eigenvalue weighted by atomic mass is 32.1. The number of rotatable bonds is 8. The molecular weight excluding hydrogens is 444 g/mol. The van der Waals surface area contributed by atoms with Gasteiger partial charge in [-0.15, -0.1) is 0 Å². The molecule has 0 saturated carbocycles. The lowest BCUT2D eigenvalue weighted by Crippen LogP contribution is -2.32. The van der Waals surface area contributed by atoms with Gasteiger partial charge in [-0.1, -0.05) is 18.2 Å². The molecule has 1 fully saturated rings. The molecule has 0 bridgehead atoms. The lowest BCUT2D eigenvalue weighted by atomic mass is 9.88. The fraction of sp³-hybridized carbons (Fsp3) is 0.321. The number of benzene rings is 2. The zero-order valence-electron chi connectivity index (χ0n) is 19.4. The maximum atomic E-state index is 11.3. The van der Waals surface area contributed by atoms with Crippen LogP contribution in [0, 0.1) is 0 Å². The second-order valence-electron chi connectivity index (χ2n) is 9.17. The fourth-order valence-electron chi connectivity index (χ4n) is 5.13. The summed E-state index contributed by atoms with van der Waals surface area (Å²) in [6, 6.07) is 16.2. The smallest absolute Gasteiger partial charge is 0.335 e. The van der Waals surface area contributed by atoms with Gasteiger partial charge in [0.2, 0.25) is 0 Å². The monoisotopic (exact) mass is 474 g/mol. The third kappa shape index (κ3) is 4.94. The van der Waals surface area contributed by atoms with Crippen LogP contribution < -0.4 is 0 Å². The maximum absolute atomic E-state index is 11.3. The van der Waals surface area contributed by atoms with Gasteiger partial charge in [-0.2, -0.15) is 11.3 Å². The van der Waals surface area contributed by atoms with E-state index in [2.05, 4.69) is 51.1 Å². The number of carboxylic acid groups (broad SMARTS) is 1. The van der Waals surface area contributed by atoms with E-state index in [1.165, 1.54) is 27.6 Å². The van der Waals surface area contributed by atoms with Gasteiger partial charge in [-0.25, -0.2) is 4.79 Å². The molecule has 3 heterocycles.